The standard InChI is InChI=1S/C18H20N4O5S/c1-18(11-19,12-6-7-12)21-15(23)10-27-16(24)8-9-20-17-13-4-2-3-5-14(13)28(25,26)22-17/h2-5,12H,6-10H2,1H3,(H,20,22)(H,21,23)/t18-/m0/s1. The Labute approximate surface area is 162 Å². The van der Waals surface area contributed by atoms with E-state index in [2.05, 4.69) is 21.1 Å². The number of amidine groups is 1. The van der Waals surface area contributed by atoms with Gasteiger partial charge in [-0.2, -0.15) is 5.26 Å². The maximum absolute atomic E-state index is 12.0. The number of nitriles is 1. The highest BCUT2D eigenvalue weighted by Crippen LogP contribution is 2.39. The number of nitrogens with zero attached hydrogens (tertiary/aromatic N) is 2. The molecule has 1 aliphatic heterocycles. The monoisotopic (exact) mass is 404 g/mol. The Hall–Kier alpha value is -2.93. The van der Waals surface area contributed by atoms with Crippen molar-refractivity contribution in [1.82, 2.24) is 10.0 Å². The van der Waals surface area contributed by atoms with Crippen LogP contribution in [0, 0.1) is 17.2 Å². The van der Waals surface area contributed by atoms with E-state index in [-0.39, 0.29) is 29.6 Å². The van der Waals surface area contributed by atoms with Crippen molar-refractivity contribution >= 4 is 27.7 Å². The SMILES string of the molecule is C[C@@](C#N)(NC(=O)COC(=O)CCN=C1NS(=O)(=O)c2ccccc21)C1CC1. The molecule has 1 fully saturated rings. The Morgan fingerprint density at radius 2 is 2.11 bits per heavy atom. The van der Waals surface area contributed by atoms with E-state index in [1.165, 1.54) is 6.07 Å². The molecule has 0 bridgehead atoms. The quantitative estimate of drug-likeness (QED) is 0.634. The summed E-state index contributed by atoms with van der Waals surface area (Å²) in [5.74, 6) is -0.867. The average molecular weight is 404 g/mol. The minimum absolute atomic E-state index is 0.00459. The van der Waals surface area contributed by atoms with Crippen molar-refractivity contribution in [3.63, 3.8) is 0 Å². The first-order valence-electron chi connectivity index (χ1n) is 8.80. The molecule has 1 heterocycles. The molecule has 1 aliphatic carbocycles. The lowest BCUT2D eigenvalue weighted by atomic mass is 9.98. The molecule has 1 amide bonds. The van der Waals surface area contributed by atoms with E-state index in [1.54, 1.807) is 25.1 Å². The molecule has 2 N–H and O–H groups in total. The van der Waals surface area contributed by atoms with Crippen molar-refractivity contribution in [3.8, 4) is 6.07 Å². The summed E-state index contributed by atoms with van der Waals surface area (Å²) in [5.41, 5.74) is -0.492. The molecule has 1 saturated carbocycles. The molecule has 1 atom stereocenters. The number of sulfonamides is 1. The number of hydrogen-bond acceptors (Lipinski definition) is 7. The van der Waals surface area contributed by atoms with E-state index >= 15 is 0 Å². The van der Waals surface area contributed by atoms with Crippen molar-refractivity contribution in [2.75, 3.05) is 13.2 Å². The van der Waals surface area contributed by atoms with Gasteiger partial charge in [-0.1, -0.05) is 12.1 Å². The number of hydrogen-bond donors (Lipinski definition) is 2. The van der Waals surface area contributed by atoms with Crippen LogP contribution in [0.3, 0.4) is 0 Å². The van der Waals surface area contributed by atoms with Crippen molar-refractivity contribution in [2.45, 2.75) is 36.6 Å². The van der Waals surface area contributed by atoms with Crippen molar-refractivity contribution in [1.29, 1.82) is 5.26 Å². The van der Waals surface area contributed by atoms with Gasteiger partial charge in [-0.25, -0.2) is 8.42 Å². The highest BCUT2D eigenvalue weighted by atomic mass is 32.2. The fourth-order valence-electron chi connectivity index (χ4n) is 2.94. The Bertz CT molecular complexity index is 978. The first-order valence-corrected chi connectivity index (χ1v) is 10.3. The molecule has 0 radical (unpaired) electrons. The molecule has 0 aromatic heterocycles. The van der Waals surface area contributed by atoms with Gasteiger partial charge in [-0.15, -0.1) is 0 Å². The molecule has 148 valence electrons. The van der Waals surface area contributed by atoms with Crippen molar-refractivity contribution in [3.05, 3.63) is 29.8 Å². The average Bonchev–Trinajstić information content (AvgIpc) is 3.48. The van der Waals surface area contributed by atoms with Crippen LogP contribution in [0.25, 0.3) is 0 Å². The van der Waals surface area contributed by atoms with Gasteiger partial charge in [-0.3, -0.25) is 19.3 Å². The molecule has 10 heteroatoms. The number of rotatable bonds is 7. The van der Waals surface area contributed by atoms with Gasteiger partial charge in [0.05, 0.1) is 23.9 Å². The zero-order valence-electron chi connectivity index (χ0n) is 15.3. The third-order valence-corrected chi connectivity index (χ3v) is 6.04. The van der Waals surface area contributed by atoms with Crippen LogP contribution < -0.4 is 10.0 Å². The van der Waals surface area contributed by atoms with Crippen LogP contribution in [0.1, 0.15) is 31.7 Å². The second-order valence-corrected chi connectivity index (χ2v) is 8.53. The highest BCUT2D eigenvalue weighted by Gasteiger charge is 2.43. The van der Waals surface area contributed by atoms with Gasteiger partial charge in [0.25, 0.3) is 15.9 Å². The van der Waals surface area contributed by atoms with Gasteiger partial charge >= 0.3 is 5.97 Å². The Balaban J connectivity index is 1.47. The van der Waals surface area contributed by atoms with Gasteiger partial charge in [-0.05, 0) is 37.8 Å². The molecule has 0 spiro atoms. The molecular formula is C18H20N4O5S. The summed E-state index contributed by atoms with van der Waals surface area (Å²) in [5, 5.41) is 11.8. The summed E-state index contributed by atoms with van der Waals surface area (Å²) in [4.78, 5) is 28.0. The predicted molar refractivity (Wildman–Crippen MR) is 98.6 cm³/mol. The Kier molecular flexibility index (Phi) is 5.38. The van der Waals surface area contributed by atoms with Crippen molar-refractivity contribution in [2.24, 2.45) is 10.9 Å². The summed E-state index contributed by atoms with van der Waals surface area (Å²) in [6, 6.07) is 8.50. The number of aliphatic imine (C=N–C) groups is 1. The molecule has 0 saturated heterocycles. The summed E-state index contributed by atoms with van der Waals surface area (Å²) in [6.07, 6.45) is 1.66. The molecule has 9 nitrogen and oxygen atoms in total. The summed E-state index contributed by atoms with van der Waals surface area (Å²) >= 11 is 0. The van der Waals surface area contributed by atoms with Crippen LogP contribution in [0.15, 0.2) is 34.2 Å². The number of benzene rings is 1. The first kappa shape index (κ1) is 19.8. The van der Waals surface area contributed by atoms with Gasteiger partial charge in [0.15, 0.2) is 6.61 Å². The van der Waals surface area contributed by atoms with E-state index in [9.17, 15) is 23.3 Å². The molecule has 3 rings (SSSR count). The zero-order valence-corrected chi connectivity index (χ0v) is 16.1. The third-order valence-electron chi connectivity index (χ3n) is 4.64. The molecule has 1 aromatic rings. The lowest BCUT2D eigenvalue weighted by Gasteiger charge is -2.22. The van der Waals surface area contributed by atoms with Crippen LogP contribution >= 0.6 is 0 Å². The fraction of sp³-hybridized carbons (Fsp3) is 0.444. The largest absolute Gasteiger partial charge is 0.456 e. The predicted octanol–water partition coefficient (Wildman–Crippen LogP) is 0.467. The van der Waals surface area contributed by atoms with Crippen molar-refractivity contribution < 1.29 is 22.7 Å². The summed E-state index contributed by atoms with van der Waals surface area (Å²) in [6.45, 7) is 1.18. The van der Waals surface area contributed by atoms with Crippen LogP contribution in [0.5, 0.6) is 0 Å². The van der Waals surface area contributed by atoms with E-state index in [0.717, 1.165) is 12.8 Å². The minimum atomic E-state index is -3.63. The summed E-state index contributed by atoms with van der Waals surface area (Å²) < 4.78 is 31.2. The summed E-state index contributed by atoms with van der Waals surface area (Å²) in [7, 11) is -3.63. The second kappa shape index (κ2) is 7.59. The number of amides is 1. The molecule has 28 heavy (non-hydrogen) atoms. The lowest BCUT2D eigenvalue weighted by molar-refractivity contribution is -0.148. The number of fused-ring (bicyclic) bond motifs is 1. The molecular weight excluding hydrogens is 384 g/mol. The first-order chi connectivity index (χ1) is 13.2. The Morgan fingerprint density at radius 1 is 1.39 bits per heavy atom. The van der Waals surface area contributed by atoms with Gasteiger partial charge in [0.1, 0.15) is 11.4 Å². The Morgan fingerprint density at radius 3 is 2.79 bits per heavy atom. The van der Waals surface area contributed by atoms with Crippen LogP contribution in [0.4, 0.5) is 0 Å². The maximum Gasteiger partial charge on any atom is 0.308 e. The number of nitrogens with one attached hydrogen (secondary N) is 2. The molecule has 1 aromatic carbocycles. The van der Waals surface area contributed by atoms with Gasteiger partial charge < -0.3 is 10.1 Å². The van der Waals surface area contributed by atoms with E-state index in [4.69, 9.17) is 4.74 Å². The second-order valence-electron chi connectivity index (χ2n) is 6.88. The number of carbonyl (C=O) groups excluding carboxylic acids is 2. The van der Waals surface area contributed by atoms with Crippen LogP contribution in [-0.4, -0.2) is 44.8 Å². The number of carbonyl (C=O) groups is 2. The fourth-order valence-corrected chi connectivity index (χ4v) is 4.19. The zero-order chi connectivity index (χ0) is 20.4. The van der Waals surface area contributed by atoms with Gasteiger partial charge in [0, 0.05) is 5.56 Å². The third kappa shape index (κ3) is 4.31. The lowest BCUT2D eigenvalue weighted by Crippen LogP contribution is -2.48. The molecule has 2 aliphatic rings. The van der Waals surface area contributed by atoms with E-state index in [0.29, 0.717) is 5.56 Å². The topological polar surface area (TPSA) is 138 Å². The smallest absolute Gasteiger partial charge is 0.308 e. The minimum Gasteiger partial charge on any atom is -0.456 e. The molecule has 0 unspecified atom stereocenters. The highest BCUT2D eigenvalue weighted by molar-refractivity contribution is 7.90. The van der Waals surface area contributed by atoms with E-state index in [1.807, 2.05) is 0 Å². The van der Waals surface area contributed by atoms with Crippen LogP contribution in [-0.2, 0) is 24.3 Å². The number of ether oxygens (including phenoxy) is 1. The normalized spacial score (nSPS) is 20.4. The van der Waals surface area contributed by atoms with Gasteiger partial charge in [0.2, 0.25) is 0 Å². The van der Waals surface area contributed by atoms with Crippen LogP contribution in [0.2, 0.25) is 0 Å². The maximum atomic E-state index is 12.0. The van der Waals surface area contributed by atoms with E-state index < -0.39 is 34.0 Å². The number of esters is 1.